The highest BCUT2D eigenvalue weighted by molar-refractivity contribution is 7.91. The van der Waals surface area contributed by atoms with Crippen molar-refractivity contribution in [3.8, 4) is 0 Å². The van der Waals surface area contributed by atoms with Crippen molar-refractivity contribution >= 4 is 19.9 Å². The van der Waals surface area contributed by atoms with Crippen LogP contribution in [-0.2, 0) is 19.9 Å². The van der Waals surface area contributed by atoms with Gasteiger partial charge in [-0.05, 0) is 55.9 Å². The third-order valence-electron chi connectivity index (χ3n) is 3.85. The van der Waals surface area contributed by atoms with Crippen molar-refractivity contribution in [1.82, 2.24) is 4.72 Å². The van der Waals surface area contributed by atoms with Gasteiger partial charge in [-0.25, -0.2) is 25.9 Å². The molecule has 0 saturated carbocycles. The van der Waals surface area contributed by atoms with E-state index in [2.05, 4.69) is 4.72 Å². The summed E-state index contributed by atoms with van der Waals surface area (Å²) in [7, 11) is -6.54. The van der Waals surface area contributed by atoms with E-state index in [0.717, 1.165) is 6.07 Å². The Bertz CT molecular complexity index is 744. The Morgan fingerprint density at radius 3 is 2.68 bits per heavy atom. The van der Waals surface area contributed by atoms with Crippen LogP contribution in [0.1, 0.15) is 24.8 Å². The van der Waals surface area contributed by atoms with Gasteiger partial charge in [-0.15, -0.1) is 0 Å². The van der Waals surface area contributed by atoms with E-state index < -0.39 is 25.7 Å². The summed E-state index contributed by atoms with van der Waals surface area (Å²) in [6.45, 7) is 1.75. The first-order valence-electron chi connectivity index (χ1n) is 7.16. The summed E-state index contributed by atoms with van der Waals surface area (Å²) in [5.74, 6) is 0.124. The molecule has 8 heteroatoms. The van der Waals surface area contributed by atoms with Crippen molar-refractivity contribution in [3.63, 3.8) is 0 Å². The molecule has 0 aromatic heterocycles. The van der Waals surface area contributed by atoms with Crippen LogP contribution in [-0.4, -0.2) is 34.9 Å². The first-order valence-corrected chi connectivity index (χ1v) is 10.5. The molecule has 0 aliphatic carbocycles. The number of hydrogen-bond acceptors (Lipinski definition) is 4. The minimum atomic E-state index is -3.65. The monoisotopic (exact) mass is 349 g/mol. The molecule has 5 nitrogen and oxygen atoms in total. The Labute approximate surface area is 130 Å². The highest BCUT2D eigenvalue weighted by Crippen LogP contribution is 2.22. The lowest BCUT2D eigenvalue weighted by atomic mass is 10.0. The van der Waals surface area contributed by atoms with Crippen LogP contribution in [0.5, 0.6) is 0 Å². The fourth-order valence-corrected chi connectivity index (χ4v) is 5.63. The van der Waals surface area contributed by atoms with E-state index in [1.54, 1.807) is 0 Å². The summed E-state index contributed by atoms with van der Waals surface area (Å²) in [5.41, 5.74) is 0.277. The van der Waals surface area contributed by atoms with Crippen molar-refractivity contribution in [2.45, 2.75) is 31.1 Å². The average Bonchev–Trinajstić information content (AvgIpc) is 2.77. The molecule has 1 aromatic rings. The molecule has 1 aromatic carbocycles. The lowest BCUT2D eigenvalue weighted by Crippen LogP contribution is -2.25. The Morgan fingerprint density at radius 2 is 2.09 bits per heavy atom. The van der Waals surface area contributed by atoms with E-state index in [1.807, 2.05) is 0 Å². The van der Waals surface area contributed by atoms with Crippen molar-refractivity contribution < 1.29 is 21.2 Å². The first-order chi connectivity index (χ1) is 10.2. The van der Waals surface area contributed by atoms with Gasteiger partial charge in [-0.1, -0.05) is 0 Å². The van der Waals surface area contributed by atoms with Crippen LogP contribution < -0.4 is 4.72 Å². The molecule has 1 aliphatic heterocycles. The summed E-state index contributed by atoms with van der Waals surface area (Å²) in [5, 5.41) is 0. The number of rotatable bonds is 6. The lowest BCUT2D eigenvalue weighted by molar-refractivity contribution is 0.512. The molecule has 0 amide bonds. The molecule has 1 heterocycles. The molecule has 0 radical (unpaired) electrons. The molecule has 1 unspecified atom stereocenters. The molecule has 1 fully saturated rings. The van der Waals surface area contributed by atoms with Crippen LogP contribution >= 0.6 is 0 Å². The average molecular weight is 349 g/mol. The van der Waals surface area contributed by atoms with Gasteiger partial charge in [-0.2, -0.15) is 0 Å². The van der Waals surface area contributed by atoms with Gasteiger partial charge in [0.1, 0.15) is 5.82 Å². The summed E-state index contributed by atoms with van der Waals surface area (Å²) in [4.78, 5) is 0.0369. The second-order valence-corrected chi connectivity index (χ2v) is 9.72. The van der Waals surface area contributed by atoms with Gasteiger partial charge in [0, 0.05) is 6.54 Å². The maximum Gasteiger partial charge on any atom is 0.240 e. The van der Waals surface area contributed by atoms with E-state index in [4.69, 9.17) is 0 Å². The smallest absolute Gasteiger partial charge is 0.229 e. The molecule has 1 N–H and O–H groups in total. The number of aryl methyl sites for hydroxylation is 1. The van der Waals surface area contributed by atoms with Crippen LogP contribution in [0.3, 0.4) is 0 Å². The molecule has 124 valence electrons. The van der Waals surface area contributed by atoms with Crippen LogP contribution in [0.25, 0.3) is 0 Å². The third kappa shape index (κ3) is 4.50. The number of sulfonamides is 1. The van der Waals surface area contributed by atoms with Gasteiger partial charge in [0.15, 0.2) is 9.84 Å². The van der Waals surface area contributed by atoms with Crippen LogP contribution in [0, 0.1) is 18.7 Å². The normalized spacial score (nSPS) is 21.1. The standard InChI is InChI=1S/C14H20FNO4S2/c1-11-9-13(4-5-14(11)15)22(19,20)16-7-2-3-12-6-8-21(17,18)10-12/h4-5,9,12,16H,2-3,6-8,10H2,1H3. The predicted octanol–water partition coefficient (Wildman–Crippen LogP) is 1.63. The fraction of sp³-hybridized carbons (Fsp3) is 0.571. The van der Waals surface area contributed by atoms with E-state index in [9.17, 15) is 21.2 Å². The number of halogens is 1. The van der Waals surface area contributed by atoms with Gasteiger partial charge >= 0.3 is 0 Å². The third-order valence-corrected chi connectivity index (χ3v) is 7.14. The quantitative estimate of drug-likeness (QED) is 0.792. The minimum absolute atomic E-state index is 0.0369. The van der Waals surface area contributed by atoms with Crippen molar-refractivity contribution in [3.05, 3.63) is 29.6 Å². The van der Waals surface area contributed by atoms with E-state index in [-0.39, 0.29) is 34.4 Å². The van der Waals surface area contributed by atoms with E-state index in [1.165, 1.54) is 19.1 Å². The second-order valence-electron chi connectivity index (χ2n) is 5.72. The van der Waals surface area contributed by atoms with Crippen molar-refractivity contribution in [2.75, 3.05) is 18.1 Å². The zero-order chi connectivity index (χ0) is 16.4. The number of benzene rings is 1. The number of hydrogen-bond donors (Lipinski definition) is 1. The minimum Gasteiger partial charge on any atom is -0.229 e. The summed E-state index contributed by atoms with van der Waals surface area (Å²) >= 11 is 0. The van der Waals surface area contributed by atoms with Crippen molar-refractivity contribution in [2.24, 2.45) is 5.92 Å². The number of sulfone groups is 1. The molecule has 22 heavy (non-hydrogen) atoms. The van der Waals surface area contributed by atoms with E-state index >= 15 is 0 Å². The second kappa shape index (κ2) is 6.64. The highest BCUT2D eigenvalue weighted by atomic mass is 32.2. The lowest BCUT2D eigenvalue weighted by Gasteiger charge is -2.10. The Kier molecular flexibility index (Phi) is 5.24. The Morgan fingerprint density at radius 1 is 1.36 bits per heavy atom. The summed E-state index contributed by atoms with van der Waals surface area (Å²) < 4.78 is 62.4. The molecule has 0 bridgehead atoms. The molecule has 2 rings (SSSR count). The summed E-state index contributed by atoms with van der Waals surface area (Å²) in [6, 6.07) is 3.66. The van der Waals surface area contributed by atoms with Gasteiger partial charge in [0.05, 0.1) is 16.4 Å². The zero-order valence-corrected chi connectivity index (χ0v) is 14.0. The summed E-state index contributed by atoms with van der Waals surface area (Å²) in [6.07, 6.45) is 1.93. The first kappa shape index (κ1) is 17.4. The highest BCUT2D eigenvalue weighted by Gasteiger charge is 2.27. The topological polar surface area (TPSA) is 80.3 Å². The molecular weight excluding hydrogens is 329 g/mol. The van der Waals surface area contributed by atoms with Crippen LogP contribution in [0.4, 0.5) is 4.39 Å². The van der Waals surface area contributed by atoms with Crippen molar-refractivity contribution in [1.29, 1.82) is 0 Å². The maximum atomic E-state index is 13.2. The molecule has 0 spiro atoms. The molecule has 1 saturated heterocycles. The molecule has 1 aliphatic rings. The fourth-order valence-electron chi connectivity index (χ4n) is 2.56. The zero-order valence-electron chi connectivity index (χ0n) is 12.4. The molecule has 1 atom stereocenters. The number of nitrogens with one attached hydrogen (secondary N) is 1. The largest absolute Gasteiger partial charge is 0.240 e. The SMILES string of the molecule is Cc1cc(S(=O)(=O)NCCCC2CCS(=O)(=O)C2)ccc1F. The Hall–Kier alpha value is -0.990. The van der Waals surface area contributed by atoms with Gasteiger partial charge in [0.25, 0.3) is 0 Å². The van der Waals surface area contributed by atoms with Gasteiger partial charge in [-0.3, -0.25) is 0 Å². The van der Waals surface area contributed by atoms with Gasteiger partial charge < -0.3 is 0 Å². The maximum absolute atomic E-state index is 13.2. The predicted molar refractivity (Wildman–Crippen MR) is 82.3 cm³/mol. The van der Waals surface area contributed by atoms with E-state index in [0.29, 0.717) is 19.3 Å². The van der Waals surface area contributed by atoms with Crippen LogP contribution in [0.2, 0.25) is 0 Å². The van der Waals surface area contributed by atoms with Crippen LogP contribution in [0.15, 0.2) is 23.1 Å². The Balaban J connectivity index is 1.84. The molecular formula is C14H20FNO4S2. The van der Waals surface area contributed by atoms with Gasteiger partial charge in [0.2, 0.25) is 10.0 Å².